The number of aromatic nitrogens is 1. The van der Waals surface area contributed by atoms with E-state index in [1.54, 1.807) is 32.9 Å². The van der Waals surface area contributed by atoms with Gasteiger partial charge in [-0.2, -0.15) is 8.42 Å². The van der Waals surface area contributed by atoms with E-state index in [9.17, 15) is 27.1 Å². The number of halogens is 2. The van der Waals surface area contributed by atoms with Crippen LogP contribution in [0, 0.1) is 5.92 Å². The van der Waals surface area contributed by atoms with E-state index in [1.807, 2.05) is 0 Å². The van der Waals surface area contributed by atoms with Crippen LogP contribution in [0.15, 0.2) is 12.1 Å². The molecule has 1 aliphatic carbocycles. The first-order valence-corrected chi connectivity index (χ1v) is 11.9. The third-order valence-electron chi connectivity index (χ3n) is 6.02. The molecule has 4 rings (SSSR count). The molecule has 0 bridgehead atoms. The summed E-state index contributed by atoms with van der Waals surface area (Å²) < 4.78 is 59.6. The van der Waals surface area contributed by atoms with Crippen molar-refractivity contribution in [2.45, 2.75) is 57.2 Å². The van der Waals surface area contributed by atoms with Gasteiger partial charge in [0.1, 0.15) is 5.60 Å². The van der Waals surface area contributed by atoms with Crippen molar-refractivity contribution < 1.29 is 31.8 Å². The number of anilines is 2. The highest BCUT2D eigenvalue weighted by Gasteiger charge is 2.59. The van der Waals surface area contributed by atoms with Crippen molar-refractivity contribution in [2.24, 2.45) is 5.92 Å². The molecular formula is C20H28F2N4O5S. The van der Waals surface area contributed by atoms with Crippen LogP contribution in [-0.2, 0) is 14.9 Å². The number of fused-ring (bicyclic) bond motifs is 1. The number of amides is 1. The van der Waals surface area contributed by atoms with Crippen molar-refractivity contribution in [2.75, 3.05) is 35.3 Å². The van der Waals surface area contributed by atoms with Gasteiger partial charge in [0.25, 0.3) is 5.92 Å². The predicted molar refractivity (Wildman–Crippen MR) is 113 cm³/mol. The fourth-order valence-corrected chi connectivity index (χ4v) is 5.51. The summed E-state index contributed by atoms with van der Waals surface area (Å²) in [5.41, 5.74) is 0.0904. The number of pyridine rings is 1. The number of ether oxygens (including phenoxy) is 1. The first-order chi connectivity index (χ1) is 14.7. The van der Waals surface area contributed by atoms with E-state index in [1.165, 1.54) is 11.9 Å². The van der Waals surface area contributed by atoms with Gasteiger partial charge in [-0.3, -0.25) is 0 Å². The molecule has 3 unspecified atom stereocenters. The molecule has 12 heteroatoms. The first kappa shape index (κ1) is 23.0. The summed E-state index contributed by atoms with van der Waals surface area (Å²) >= 11 is 0. The summed E-state index contributed by atoms with van der Waals surface area (Å²) in [6, 6.07) is 3.16. The third kappa shape index (κ3) is 4.09. The van der Waals surface area contributed by atoms with Gasteiger partial charge < -0.3 is 14.7 Å². The topological polar surface area (TPSA) is 103 Å². The monoisotopic (exact) mass is 474 g/mol. The average Bonchev–Trinajstić information content (AvgIpc) is 3.24. The maximum atomic E-state index is 13.4. The van der Waals surface area contributed by atoms with Crippen molar-refractivity contribution in [1.82, 2.24) is 9.88 Å². The molecule has 0 spiro atoms. The van der Waals surface area contributed by atoms with Crippen molar-refractivity contribution in [1.29, 1.82) is 0 Å². The van der Waals surface area contributed by atoms with Crippen LogP contribution in [0.2, 0.25) is 0 Å². The predicted octanol–water partition coefficient (Wildman–Crippen LogP) is 2.32. The van der Waals surface area contributed by atoms with Crippen LogP contribution in [0.4, 0.5) is 25.1 Å². The normalized spacial score (nSPS) is 28.5. The van der Waals surface area contributed by atoms with Crippen molar-refractivity contribution >= 4 is 27.8 Å². The number of nitrogens with zero attached hydrogens (tertiary/aromatic N) is 4. The van der Waals surface area contributed by atoms with Gasteiger partial charge in [-0.1, -0.05) is 0 Å². The number of piperidine rings is 1. The molecule has 1 saturated carbocycles. The summed E-state index contributed by atoms with van der Waals surface area (Å²) in [4.78, 5) is 18.2. The Balaban J connectivity index is 1.51. The van der Waals surface area contributed by atoms with Gasteiger partial charge in [0.2, 0.25) is 0 Å². The molecule has 3 atom stereocenters. The minimum absolute atomic E-state index is 0.0649. The lowest BCUT2D eigenvalue weighted by Gasteiger charge is -2.36. The van der Waals surface area contributed by atoms with Crippen molar-refractivity contribution in [3.05, 3.63) is 17.8 Å². The highest BCUT2D eigenvalue weighted by atomic mass is 32.2. The quantitative estimate of drug-likeness (QED) is 0.721. The van der Waals surface area contributed by atoms with Gasteiger partial charge in [0.05, 0.1) is 18.3 Å². The number of β-amino-alcohol motifs (C(OH)–C–C–N with tert-alkyl or cyclic N) is 1. The maximum absolute atomic E-state index is 13.4. The van der Waals surface area contributed by atoms with Gasteiger partial charge in [-0.15, -0.1) is 0 Å². The van der Waals surface area contributed by atoms with Gasteiger partial charge in [-0.05, 0) is 39.3 Å². The van der Waals surface area contributed by atoms with Crippen LogP contribution in [0.3, 0.4) is 0 Å². The molecule has 0 radical (unpaired) electrons. The molecule has 1 N–H and O–H groups in total. The molecule has 3 aliphatic rings. The van der Waals surface area contributed by atoms with Gasteiger partial charge >= 0.3 is 16.3 Å². The van der Waals surface area contributed by atoms with Crippen molar-refractivity contribution in [3.8, 4) is 0 Å². The Morgan fingerprint density at radius 3 is 2.56 bits per heavy atom. The van der Waals surface area contributed by atoms with Crippen LogP contribution in [-0.4, -0.2) is 73.8 Å². The maximum Gasteiger partial charge on any atom is 0.410 e. The standard InChI is InChI=1S/C20H28F2N4O5S/c1-19(2,3)31-18(28)25-8-7-13(16(27)11-25)14-5-6-15-17(23-14)24(4)32(29,30)26(15)10-12-9-20(12,21)22/h5-6,12-13,16,27H,7-11H2,1-4H3. The number of rotatable bonds is 3. The Labute approximate surface area is 186 Å². The van der Waals surface area contributed by atoms with E-state index in [0.29, 0.717) is 18.7 Å². The van der Waals surface area contributed by atoms with Crippen LogP contribution in [0.25, 0.3) is 0 Å². The van der Waals surface area contributed by atoms with E-state index < -0.39 is 45.8 Å². The number of hydrogen-bond acceptors (Lipinski definition) is 6. The lowest BCUT2D eigenvalue weighted by atomic mass is 9.90. The first-order valence-electron chi connectivity index (χ1n) is 10.5. The Bertz CT molecular complexity index is 1030. The summed E-state index contributed by atoms with van der Waals surface area (Å²) in [6.07, 6.45) is -1.33. The van der Waals surface area contributed by atoms with E-state index in [2.05, 4.69) is 4.98 Å². The number of alkyl halides is 2. The van der Waals surface area contributed by atoms with E-state index >= 15 is 0 Å². The summed E-state index contributed by atoms with van der Waals surface area (Å²) in [6.45, 7) is 5.41. The number of aliphatic hydroxyl groups is 1. The second-order valence-corrected chi connectivity index (χ2v) is 11.5. The Kier molecular flexibility index (Phi) is 5.32. The fourth-order valence-electron chi connectivity index (χ4n) is 4.10. The molecule has 2 fully saturated rings. The molecule has 32 heavy (non-hydrogen) atoms. The van der Waals surface area contributed by atoms with Crippen LogP contribution in [0.1, 0.15) is 45.2 Å². The SMILES string of the molecule is CN1c2nc(C3CCN(C(=O)OC(C)(C)C)CC3O)ccc2N(CC2CC2(F)F)S1(=O)=O. The van der Waals surface area contributed by atoms with E-state index in [4.69, 9.17) is 4.74 Å². The number of likely N-dealkylation sites (tertiary alicyclic amines) is 1. The highest BCUT2D eigenvalue weighted by molar-refractivity contribution is 7.94. The van der Waals surface area contributed by atoms with Crippen LogP contribution in [0.5, 0.6) is 0 Å². The second-order valence-electron chi connectivity index (χ2n) is 9.64. The molecule has 1 saturated heterocycles. The fraction of sp³-hybridized carbons (Fsp3) is 0.700. The lowest BCUT2D eigenvalue weighted by Crippen LogP contribution is -2.47. The molecule has 1 aromatic heterocycles. The molecule has 2 aliphatic heterocycles. The van der Waals surface area contributed by atoms with Gasteiger partial charge in [0.15, 0.2) is 5.82 Å². The van der Waals surface area contributed by atoms with Gasteiger partial charge in [-0.25, -0.2) is 27.2 Å². The number of carbonyl (C=O) groups excluding carboxylic acids is 1. The number of carbonyl (C=O) groups is 1. The summed E-state index contributed by atoms with van der Waals surface area (Å²) in [7, 11) is -2.66. The zero-order valence-electron chi connectivity index (χ0n) is 18.5. The molecular weight excluding hydrogens is 446 g/mol. The molecule has 9 nitrogen and oxygen atoms in total. The zero-order valence-corrected chi connectivity index (χ0v) is 19.3. The lowest BCUT2D eigenvalue weighted by molar-refractivity contribution is -0.00190. The zero-order chi connectivity index (χ0) is 23.6. The second kappa shape index (κ2) is 7.41. The van der Waals surface area contributed by atoms with E-state index in [0.717, 1.165) is 8.61 Å². The molecule has 0 aromatic carbocycles. The highest BCUT2D eigenvalue weighted by Crippen LogP contribution is 2.51. The van der Waals surface area contributed by atoms with Crippen LogP contribution < -0.4 is 8.61 Å². The largest absolute Gasteiger partial charge is 0.444 e. The summed E-state index contributed by atoms with van der Waals surface area (Å²) in [5.74, 6) is -4.10. The average molecular weight is 475 g/mol. The smallest absolute Gasteiger partial charge is 0.410 e. The minimum atomic E-state index is -3.99. The molecule has 3 heterocycles. The number of aliphatic hydroxyl groups excluding tert-OH is 1. The minimum Gasteiger partial charge on any atom is -0.444 e. The Hall–Kier alpha value is -2.21. The molecule has 178 valence electrons. The molecule has 1 amide bonds. The van der Waals surface area contributed by atoms with Crippen LogP contribution >= 0.6 is 0 Å². The Morgan fingerprint density at radius 1 is 1.34 bits per heavy atom. The summed E-state index contributed by atoms with van der Waals surface area (Å²) in [5, 5.41) is 10.7. The van der Waals surface area contributed by atoms with Gasteiger partial charge in [0, 0.05) is 44.1 Å². The third-order valence-corrected chi connectivity index (χ3v) is 7.79. The van der Waals surface area contributed by atoms with E-state index in [-0.39, 0.29) is 31.0 Å². The number of hydrogen-bond donors (Lipinski definition) is 1. The Morgan fingerprint density at radius 2 is 2.00 bits per heavy atom. The molecule has 1 aromatic rings. The van der Waals surface area contributed by atoms with Crippen molar-refractivity contribution in [3.63, 3.8) is 0 Å².